The third-order valence-corrected chi connectivity index (χ3v) is 7.26. The third-order valence-electron chi connectivity index (χ3n) is 7.26. The highest BCUT2D eigenvalue weighted by atomic mass is 16.2. The fraction of sp³-hybridized carbons (Fsp3) is 0.286. The van der Waals surface area contributed by atoms with Crippen LogP contribution in [0.3, 0.4) is 0 Å². The van der Waals surface area contributed by atoms with E-state index in [1.54, 1.807) is 6.07 Å². The van der Waals surface area contributed by atoms with Crippen molar-refractivity contribution in [2.24, 2.45) is 5.92 Å². The number of likely N-dealkylation sites (tertiary alicyclic amines) is 1. The Bertz CT molecular complexity index is 1390. The van der Waals surface area contributed by atoms with Gasteiger partial charge in [0.25, 0.3) is 5.56 Å². The second-order valence-corrected chi connectivity index (χ2v) is 9.35. The number of aryl methyl sites for hydroxylation is 1. The molecule has 166 valence electrons. The molecular weight excluding hydrogens is 410 g/mol. The summed E-state index contributed by atoms with van der Waals surface area (Å²) in [5.74, 6) is 0.809. The Morgan fingerprint density at radius 2 is 1.70 bits per heavy atom. The number of piperidine rings is 1. The number of rotatable bonds is 4. The van der Waals surface area contributed by atoms with Crippen molar-refractivity contribution >= 4 is 16.8 Å². The minimum absolute atomic E-state index is 0.0786. The Hall–Kier alpha value is -3.60. The van der Waals surface area contributed by atoms with Crippen molar-refractivity contribution in [3.8, 4) is 11.3 Å². The number of nitrogens with zero attached hydrogens (tertiary/aromatic N) is 3. The third kappa shape index (κ3) is 3.58. The van der Waals surface area contributed by atoms with Gasteiger partial charge in [-0.1, -0.05) is 54.6 Å². The molecule has 2 aromatic heterocycles. The summed E-state index contributed by atoms with van der Waals surface area (Å²) in [5, 5.41) is 1.19. The summed E-state index contributed by atoms with van der Waals surface area (Å²) in [6.45, 7) is 2.82. The molecule has 0 N–H and O–H groups in total. The van der Waals surface area contributed by atoms with E-state index in [0.29, 0.717) is 25.4 Å². The van der Waals surface area contributed by atoms with Gasteiger partial charge in [-0.2, -0.15) is 0 Å². The van der Waals surface area contributed by atoms with E-state index in [0.717, 1.165) is 42.0 Å². The van der Waals surface area contributed by atoms with Gasteiger partial charge in [0, 0.05) is 66.9 Å². The molecule has 1 amide bonds. The lowest BCUT2D eigenvalue weighted by molar-refractivity contribution is -0.134. The first kappa shape index (κ1) is 20.0. The quantitative estimate of drug-likeness (QED) is 0.472. The van der Waals surface area contributed by atoms with Gasteiger partial charge in [-0.05, 0) is 36.1 Å². The average molecular weight is 438 g/mol. The van der Waals surface area contributed by atoms with Crippen LogP contribution < -0.4 is 5.56 Å². The molecule has 33 heavy (non-hydrogen) atoms. The first-order valence-corrected chi connectivity index (χ1v) is 11.8. The molecule has 1 fully saturated rings. The predicted octanol–water partition coefficient (Wildman–Crippen LogP) is 4.51. The first-order chi connectivity index (χ1) is 16.2. The topological polar surface area (TPSA) is 47.2 Å². The minimum atomic E-state index is 0.0786. The van der Waals surface area contributed by atoms with E-state index >= 15 is 0 Å². The molecule has 5 nitrogen and oxygen atoms in total. The van der Waals surface area contributed by atoms with Crippen molar-refractivity contribution in [1.29, 1.82) is 0 Å². The van der Waals surface area contributed by atoms with Gasteiger partial charge in [-0.3, -0.25) is 9.59 Å². The van der Waals surface area contributed by atoms with Crippen LogP contribution >= 0.6 is 0 Å². The lowest BCUT2D eigenvalue weighted by atomic mass is 9.83. The zero-order valence-electron chi connectivity index (χ0n) is 18.6. The Morgan fingerprint density at radius 1 is 0.879 bits per heavy atom. The van der Waals surface area contributed by atoms with Crippen LogP contribution in [0.5, 0.6) is 0 Å². The van der Waals surface area contributed by atoms with Gasteiger partial charge in [0.05, 0.1) is 0 Å². The number of benzene rings is 2. The fourth-order valence-electron chi connectivity index (χ4n) is 5.77. The van der Waals surface area contributed by atoms with Crippen LogP contribution in [0.15, 0.2) is 83.7 Å². The molecule has 2 aliphatic rings. The fourth-order valence-corrected chi connectivity index (χ4v) is 5.77. The van der Waals surface area contributed by atoms with Gasteiger partial charge in [0.2, 0.25) is 5.91 Å². The lowest BCUT2D eigenvalue weighted by Crippen LogP contribution is -2.49. The summed E-state index contributed by atoms with van der Waals surface area (Å²) in [6, 6.07) is 26.5. The minimum Gasteiger partial charge on any atom is -0.342 e. The summed E-state index contributed by atoms with van der Waals surface area (Å²) >= 11 is 0. The Morgan fingerprint density at radius 3 is 2.58 bits per heavy atom. The van der Waals surface area contributed by atoms with E-state index in [2.05, 4.69) is 59.2 Å². The number of fused-ring (bicyclic) bond motifs is 5. The maximum absolute atomic E-state index is 13.3. The molecule has 6 rings (SSSR count). The molecule has 0 spiro atoms. The number of hydrogen-bond acceptors (Lipinski definition) is 2. The average Bonchev–Trinajstić information content (AvgIpc) is 3.22. The van der Waals surface area contributed by atoms with E-state index in [-0.39, 0.29) is 17.4 Å². The lowest BCUT2D eigenvalue weighted by Gasteiger charge is -2.42. The predicted molar refractivity (Wildman–Crippen MR) is 130 cm³/mol. The van der Waals surface area contributed by atoms with Crippen LogP contribution in [0, 0.1) is 5.92 Å². The molecule has 2 aliphatic heterocycles. The Balaban J connectivity index is 1.24. The first-order valence-electron chi connectivity index (χ1n) is 11.8. The molecule has 0 aliphatic carbocycles. The second-order valence-electron chi connectivity index (χ2n) is 9.35. The van der Waals surface area contributed by atoms with E-state index in [1.807, 2.05) is 27.7 Å². The number of pyridine rings is 1. The van der Waals surface area contributed by atoms with Crippen molar-refractivity contribution in [3.63, 3.8) is 0 Å². The van der Waals surface area contributed by atoms with Crippen LogP contribution in [-0.4, -0.2) is 33.0 Å². The van der Waals surface area contributed by atoms with Crippen molar-refractivity contribution < 1.29 is 4.79 Å². The van der Waals surface area contributed by atoms with Crippen LogP contribution in [0.1, 0.15) is 24.5 Å². The second kappa shape index (κ2) is 8.07. The molecule has 1 unspecified atom stereocenters. The molecule has 1 saturated heterocycles. The number of carbonyl (C=O) groups is 1. The maximum atomic E-state index is 13.3. The molecular formula is C28H27N3O2. The highest BCUT2D eigenvalue weighted by molar-refractivity contribution is 5.87. The van der Waals surface area contributed by atoms with E-state index in [4.69, 9.17) is 0 Å². The largest absolute Gasteiger partial charge is 0.342 e. The summed E-state index contributed by atoms with van der Waals surface area (Å²) in [5.41, 5.74) is 4.63. The number of carbonyl (C=O) groups excluding carboxylic acids is 1. The van der Waals surface area contributed by atoms with Crippen LogP contribution in [0.25, 0.3) is 22.2 Å². The van der Waals surface area contributed by atoms with Gasteiger partial charge in [0.1, 0.15) is 0 Å². The van der Waals surface area contributed by atoms with Crippen molar-refractivity contribution in [1.82, 2.24) is 14.0 Å². The van der Waals surface area contributed by atoms with Gasteiger partial charge < -0.3 is 14.0 Å². The molecule has 2 atom stereocenters. The highest BCUT2D eigenvalue weighted by Crippen LogP contribution is 2.35. The van der Waals surface area contributed by atoms with Gasteiger partial charge in [0.15, 0.2) is 0 Å². The molecule has 4 heterocycles. The molecule has 0 saturated carbocycles. The summed E-state index contributed by atoms with van der Waals surface area (Å²) in [4.78, 5) is 27.6. The number of para-hydroxylation sites is 1. The molecule has 5 heteroatoms. The highest BCUT2D eigenvalue weighted by Gasteiger charge is 2.36. The zero-order valence-corrected chi connectivity index (χ0v) is 18.6. The van der Waals surface area contributed by atoms with E-state index < -0.39 is 0 Å². The SMILES string of the molecule is O=C(CCn1c(-c2ccccc2)cc2ccccc21)N1CC2C[C@@H](C1)Cn1c2cccc1=O. The van der Waals surface area contributed by atoms with E-state index in [1.165, 1.54) is 5.39 Å². The van der Waals surface area contributed by atoms with Crippen molar-refractivity contribution in [3.05, 3.63) is 94.9 Å². The molecule has 2 aromatic carbocycles. The standard InChI is InChI=1S/C28H27N3O2/c32-27(29-17-20-15-23(19-29)25-11-6-12-28(33)31(25)18-20)13-14-30-24-10-5-4-9-22(24)16-26(30)21-7-2-1-3-8-21/h1-12,16,20,23H,13-15,17-19H2/t20-,23?/m0/s1. The summed E-state index contributed by atoms with van der Waals surface area (Å²) in [7, 11) is 0. The normalized spacial score (nSPS) is 19.5. The van der Waals surface area contributed by atoms with Gasteiger partial charge in [-0.15, -0.1) is 0 Å². The zero-order chi connectivity index (χ0) is 22.4. The smallest absolute Gasteiger partial charge is 0.250 e. The van der Waals surface area contributed by atoms with Gasteiger partial charge >= 0.3 is 0 Å². The van der Waals surface area contributed by atoms with Crippen molar-refractivity contribution in [2.75, 3.05) is 13.1 Å². The molecule has 0 radical (unpaired) electrons. The van der Waals surface area contributed by atoms with Crippen LogP contribution in [0.2, 0.25) is 0 Å². The number of aromatic nitrogens is 2. The van der Waals surface area contributed by atoms with Gasteiger partial charge in [-0.25, -0.2) is 0 Å². The molecule has 4 aromatic rings. The Labute approximate surface area is 192 Å². The number of hydrogen-bond donors (Lipinski definition) is 0. The molecule has 2 bridgehead atoms. The summed E-state index contributed by atoms with van der Waals surface area (Å²) < 4.78 is 4.20. The summed E-state index contributed by atoms with van der Waals surface area (Å²) in [6.07, 6.45) is 1.53. The Kier molecular flexibility index (Phi) is 4.90. The monoisotopic (exact) mass is 437 g/mol. The van der Waals surface area contributed by atoms with Crippen LogP contribution in [-0.2, 0) is 17.9 Å². The maximum Gasteiger partial charge on any atom is 0.250 e. The van der Waals surface area contributed by atoms with Crippen LogP contribution in [0.4, 0.5) is 0 Å². The van der Waals surface area contributed by atoms with Crippen molar-refractivity contribution in [2.45, 2.75) is 31.8 Å². The number of amides is 1. The van der Waals surface area contributed by atoms with E-state index in [9.17, 15) is 9.59 Å².